The van der Waals surface area contributed by atoms with Crippen molar-refractivity contribution >= 4 is 32.6 Å². The number of para-hydroxylation sites is 1. The zero-order chi connectivity index (χ0) is 18.6. The number of carbonyl (C=O) groups excluding carboxylic acids is 1. The standard InChI is InChI=1S/C20H21N3O3S/c1-25-16-7-8-17-18(11-16)27-20(22-17)23-12-14(13-23)19(24)21-9-10-26-15-5-3-2-4-6-15/h2-8,11,14H,9-10,12-13H2,1H3,(H,21,24). The molecule has 1 aromatic heterocycles. The van der Waals surface area contributed by atoms with Gasteiger partial charge in [-0.1, -0.05) is 29.5 Å². The van der Waals surface area contributed by atoms with Gasteiger partial charge in [0.15, 0.2) is 5.13 Å². The predicted molar refractivity (Wildman–Crippen MR) is 107 cm³/mol. The molecule has 1 aliphatic heterocycles. The van der Waals surface area contributed by atoms with Gasteiger partial charge in [-0.25, -0.2) is 4.98 Å². The predicted octanol–water partition coefficient (Wildman–Crippen LogP) is 2.94. The van der Waals surface area contributed by atoms with E-state index in [0.717, 1.165) is 26.8 Å². The number of hydrogen-bond acceptors (Lipinski definition) is 6. The molecular weight excluding hydrogens is 362 g/mol. The number of nitrogens with zero attached hydrogens (tertiary/aromatic N) is 2. The van der Waals surface area contributed by atoms with E-state index < -0.39 is 0 Å². The Balaban J connectivity index is 1.23. The molecule has 0 aliphatic carbocycles. The van der Waals surface area contributed by atoms with E-state index in [-0.39, 0.29) is 11.8 Å². The second-order valence-corrected chi connectivity index (χ2v) is 7.39. The lowest BCUT2D eigenvalue weighted by Crippen LogP contribution is -2.54. The molecule has 0 unspecified atom stereocenters. The summed E-state index contributed by atoms with van der Waals surface area (Å²) in [6.45, 7) is 2.36. The zero-order valence-electron chi connectivity index (χ0n) is 15.1. The molecule has 0 bridgehead atoms. The van der Waals surface area contributed by atoms with Gasteiger partial charge < -0.3 is 19.7 Å². The van der Waals surface area contributed by atoms with E-state index >= 15 is 0 Å². The van der Waals surface area contributed by atoms with Crippen molar-refractivity contribution in [3.8, 4) is 11.5 Å². The maximum absolute atomic E-state index is 12.2. The number of hydrogen-bond donors (Lipinski definition) is 1. The minimum absolute atomic E-state index is 0.00303. The summed E-state index contributed by atoms with van der Waals surface area (Å²) in [6.07, 6.45) is 0. The number of benzene rings is 2. The Labute approximate surface area is 161 Å². The van der Waals surface area contributed by atoms with E-state index in [0.29, 0.717) is 26.2 Å². The average Bonchev–Trinajstić information content (AvgIpc) is 3.07. The van der Waals surface area contributed by atoms with Crippen LogP contribution in [0.4, 0.5) is 5.13 Å². The van der Waals surface area contributed by atoms with Crippen molar-refractivity contribution in [2.75, 3.05) is 38.3 Å². The van der Waals surface area contributed by atoms with Crippen molar-refractivity contribution < 1.29 is 14.3 Å². The third kappa shape index (κ3) is 3.98. The molecule has 6 nitrogen and oxygen atoms in total. The summed E-state index contributed by atoms with van der Waals surface area (Å²) < 4.78 is 11.9. The molecule has 0 radical (unpaired) electrons. The summed E-state index contributed by atoms with van der Waals surface area (Å²) in [4.78, 5) is 19.0. The highest BCUT2D eigenvalue weighted by atomic mass is 32.1. The van der Waals surface area contributed by atoms with Gasteiger partial charge in [0.2, 0.25) is 5.91 Å². The first-order valence-electron chi connectivity index (χ1n) is 8.88. The summed E-state index contributed by atoms with van der Waals surface area (Å²) >= 11 is 1.63. The molecule has 0 saturated carbocycles. The summed E-state index contributed by atoms with van der Waals surface area (Å²) in [5.74, 6) is 1.72. The Hall–Kier alpha value is -2.80. The molecule has 1 fully saturated rings. The van der Waals surface area contributed by atoms with Crippen LogP contribution in [0, 0.1) is 5.92 Å². The molecule has 140 valence electrons. The van der Waals surface area contributed by atoms with Crippen LogP contribution in [0.3, 0.4) is 0 Å². The second-order valence-electron chi connectivity index (χ2n) is 6.38. The van der Waals surface area contributed by atoms with Crippen molar-refractivity contribution in [2.24, 2.45) is 5.92 Å². The molecule has 4 rings (SSSR count). The molecule has 1 N–H and O–H groups in total. The largest absolute Gasteiger partial charge is 0.497 e. The Kier molecular flexibility index (Phi) is 5.11. The van der Waals surface area contributed by atoms with Crippen molar-refractivity contribution in [3.63, 3.8) is 0 Å². The van der Waals surface area contributed by atoms with E-state index in [2.05, 4.69) is 15.2 Å². The van der Waals surface area contributed by atoms with Crippen LogP contribution in [-0.2, 0) is 4.79 Å². The summed E-state index contributed by atoms with van der Waals surface area (Å²) in [5, 5.41) is 3.90. The Bertz CT molecular complexity index is 923. The number of aromatic nitrogens is 1. The van der Waals surface area contributed by atoms with Gasteiger partial charge in [0.05, 0.1) is 29.8 Å². The lowest BCUT2D eigenvalue weighted by atomic mass is 10.0. The van der Waals surface area contributed by atoms with Gasteiger partial charge in [-0.05, 0) is 30.3 Å². The Morgan fingerprint density at radius 1 is 1.22 bits per heavy atom. The Morgan fingerprint density at radius 3 is 2.81 bits per heavy atom. The number of nitrogens with one attached hydrogen (secondary N) is 1. The van der Waals surface area contributed by atoms with Gasteiger partial charge in [-0.2, -0.15) is 0 Å². The first-order valence-corrected chi connectivity index (χ1v) is 9.69. The number of anilines is 1. The zero-order valence-corrected chi connectivity index (χ0v) is 15.9. The molecule has 1 aliphatic rings. The minimum Gasteiger partial charge on any atom is -0.497 e. The molecule has 27 heavy (non-hydrogen) atoms. The first-order chi connectivity index (χ1) is 13.2. The maximum atomic E-state index is 12.2. The molecule has 2 heterocycles. The van der Waals surface area contributed by atoms with Crippen LogP contribution in [-0.4, -0.2) is 44.2 Å². The topological polar surface area (TPSA) is 63.7 Å². The van der Waals surface area contributed by atoms with Crippen molar-refractivity contribution in [1.29, 1.82) is 0 Å². The summed E-state index contributed by atoms with van der Waals surface area (Å²) in [5.41, 5.74) is 0.960. The Morgan fingerprint density at radius 2 is 2.04 bits per heavy atom. The first kappa shape index (κ1) is 17.6. The van der Waals surface area contributed by atoms with Crippen LogP contribution >= 0.6 is 11.3 Å². The summed E-state index contributed by atoms with van der Waals surface area (Å²) in [7, 11) is 1.66. The normalized spacial score (nSPS) is 14.0. The molecule has 7 heteroatoms. The number of rotatable bonds is 7. The third-order valence-corrected chi connectivity index (χ3v) is 5.60. The highest BCUT2D eigenvalue weighted by molar-refractivity contribution is 7.22. The fourth-order valence-corrected chi connectivity index (χ4v) is 3.97. The highest BCUT2D eigenvalue weighted by Gasteiger charge is 2.34. The van der Waals surface area contributed by atoms with Crippen LogP contribution in [0.15, 0.2) is 48.5 Å². The van der Waals surface area contributed by atoms with Gasteiger partial charge >= 0.3 is 0 Å². The molecule has 3 aromatic rings. The lowest BCUT2D eigenvalue weighted by molar-refractivity contribution is -0.125. The van der Waals surface area contributed by atoms with Crippen LogP contribution in [0.2, 0.25) is 0 Å². The maximum Gasteiger partial charge on any atom is 0.226 e. The highest BCUT2D eigenvalue weighted by Crippen LogP contribution is 2.34. The molecular formula is C20H21N3O3S. The van der Waals surface area contributed by atoms with Crippen LogP contribution < -0.4 is 19.7 Å². The van der Waals surface area contributed by atoms with E-state index in [1.165, 1.54) is 0 Å². The van der Waals surface area contributed by atoms with Crippen LogP contribution in [0.25, 0.3) is 10.2 Å². The minimum atomic E-state index is 0.00303. The van der Waals surface area contributed by atoms with Gasteiger partial charge in [-0.3, -0.25) is 4.79 Å². The molecule has 1 saturated heterocycles. The molecule has 0 atom stereocenters. The van der Waals surface area contributed by atoms with Crippen molar-refractivity contribution in [2.45, 2.75) is 0 Å². The van der Waals surface area contributed by atoms with Gasteiger partial charge in [-0.15, -0.1) is 0 Å². The molecule has 0 spiro atoms. The van der Waals surface area contributed by atoms with Crippen LogP contribution in [0.1, 0.15) is 0 Å². The number of amides is 1. The summed E-state index contributed by atoms with van der Waals surface area (Å²) in [6, 6.07) is 15.5. The number of fused-ring (bicyclic) bond motifs is 1. The van der Waals surface area contributed by atoms with Crippen molar-refractivity contribution in [3.05, 3.63) is 48.5 Å². The second kappa shape index (κ2) is 7.84. The van der Waals surface area contributed by atoms with E-state index in [1.807, 2.05) is 48.5 Å². The van der Waals surface area contributed by atoms with Crippen LogP contribution in [0.5, 0.6) is 11.5 Å². The fraction of sp³-hybridized carbons (Fsp3) is 0.300. The van der Waals surface area contributed by atoms with Gasteiger partial charge in [0.25, 0.3) is 0 Å². The third-order valence-electron chi connectivity index (χ3n) is 4.52. The van der Waals surface area contributed by atoms with E-state index in [4.69, 9.17) is 9.47 Å². The number of carbonyl (C=O) groups is 1. The monoisotopic (exact) mass is 383 g/mol. The number of ether oxygens (including phenoxy) is 2. The number of thiazole rings is 1. The van der Waals surface area contributed by atoms with Gasteiger partial charge in [0.1, 0.15) is 18.1 Å². The number of methoxy groups -OCH3 is 1. The van der Waals surface area contributed by atoms with Gasteiger partial charge in [0, 0.05) is 13.1 Å². The molecule has 2 aromatic carbocycles. The lowest BCUT2D eigenvalue weighted by Gasteiger charge is -2.37. The average molecular weight is 383 g/mol. The van der Waals surface area contributed by atoms with E-state index in [1.54, 1.807) is 18.4 Å². The smallest absolute Gasteiger partial charge is 0.226 e. The van der Waals surface area contributed by atoms with Crippen molar-refractivity contribution in [1.82, 2.24) is 10.3 Å². The molecule has 1 amide bonds. The SMILES string of the molecule is COc1ccc2nc(N3CC(C(=O)NCCOc4ccccc4)C3)sc2c1. The van der Waals surface area contributed by atoms with E-state index in [9.17, 15) is 4.79 Å². The quantitative estimate of drug-likeness (QED) is 0.636. The fourth-order valence-electron chi connectivity index (χ4n) is 2.96.